The molecule has 0 heterocycles. The molecule has 0 bridgehead atoms. The van der Waals surface area contributed by atoms with Gasteiger partial charge in [0.2, 0.25) is 0 Å². The van der Waals surface area contributed by atoms with Gasteiger partial charge in [0.05, 0.1) is 0 Å². The highest BCUT2D eigenvalue weighted by atomic mass is 16.3. The Labute approximate surface area is 78.0 Å². The molecule has 1 aromatic carbocycles. The summed E-state index contributed by atoms with van der Waals surface area (Å²) in [5, 5.41) is 6.89. The minimum atomic E-state index is -0.250. The van der Waals surface area contributed by atoms with Gasteiger partial charge in [-0.1, -0.05) is 35.4 Å². The number of hydrogen-bond donors (Lipinski definition) is 1. The lowest BCUT2D eigenvalue weighted by molar-refractivity contribution is -0.122. The highest BCUT2D eigenvalue weighted by Gasteiger charge is 1.79. The molecule has 1 rings (SSSR count). The zero-order valence-electron chi connectivity index (χ0n) is 7.86. The molecule has 3 nitrogen and oxygen atoms in total. The first-order valence-corrected chi connectivity index (χ1v) is 3.60. The van der Waals surface area contributed by atoms with Crippen LogP contribution < -0.4 is 0 Å². The largest absolute Gasteiger partial charge is 0.483 e. The molecule has 0 spiro atoms. The third-order valence-corrected chi connectivity index (χ3v) is 1.22. The highest BCUT2D eigenvalue weighted by Crippen LogP contribution is 1.99. The third kappa shape index (κ3) is 10.4. The van der Waals surface area contributed by atoms with Crippen LogP contribution in [0.2, 0.25) is 0 Å². The maximum Gasteiger partial charge on any atom is 0.290 e. The van der Waals surface area contributed by atoms with Gasteiger partial charge >= 0.3 is 0 Å². The van der Waals surface area contributed by atoms with E-state index < -0.39 is 0 Å². The van der Waals surface area contributed by atoms with E-state index >= 15 is 0 Å². The topological polar surface area (TPSA) is 54.4 Å². The first-order chi connectivity index (χ1) is 6.20. The number of carboxylic acid groups (broad SMARTS) is 1. The van der Waals surface area contributed by atoms with Gasteiger partial charge in [0.1, 0.15) is 6.79 Å². The molecule has 0 radical (unpaired) electrons. The number of hydrogen-bond acceptors (Lipinski definition) is 2. The normalized spacial score (nSPS) is 6.92. The molecule has 3 heteroatoms. The number of benzene rings is 1. The van der Waals surface area contributed by atoms with Crippen molar-refractivity contribution in [3.63, 3.8) is 0 Å². The molecule has 0 saturated heterocycles. The minimum absolute atomic E-state index is 0.250. The van der Waals surface area contributed by atoms with Crippen LogP contribution in [0, 0.1) is 13.8 Å². The lowest BCUT2D eigenvalue weighted by atomic mass is 10.2. The van der Waals surface area contributed by atoms with Crippen molar-refractivity contribution in [2.24, 2.45) is 0 Å². The molecule has 0 aliphatic heterocycles. The average Bonchev–Trinajstić information content (AvgIpc) is 2.15. The Morgan fingerprint density at radius 2 is 1.23 bits per heavy atom. The summed E-state index contributed by atoms with van der Waals surface area (Å²) in [6.07, 6.45) is 0. The Morgan fingerprint density at radius 1 is 1.08 bits per heavy atom. The van der Waals surface area contributed by atoms with E-state index in [0.29, 0.717) is 0 Å². The molecule has 0 saturated carbocycles. The number of carbonyl (C=O) groups is 2. The van der Waals surface area contributed by atoms with Crippen LogP contribution in [0.25, 0.3) is 0 Å². The Hall–Kier alpha value is -1.64. The predicted molar refractivity (Wildman–Crippen MR) is 51.7 cm³/mol. The van der Waals surface area contributed by atoms with Crippen LogP contribution in [-0.2, 0) is 9.59 Å². The van der Waals surface area contributed by atoms with E-state index in [1.807, 2.05) is 6.79 Å². The smallest absolute Gasteiger partial charge is 0.290 e. The first-order valence-electron chi connectivity index (χ1n) is 3.60. The summed E-state index contributed by atoms with van der Waals surface area (Å²) in [5.74, 6) is 0. The Balaban J connectivity index is 0. The van der Waals surface area contributed by atoms with Crippen LogP contribution in [0.15, 0.2) is 24.3 Å². The van der Waals surface area contributed by atoms with Crippen LogP contribution in [-0.4, -0.2) is 18.4 Å². The summed E-state index contributed by atoms with van der Waals surface area (Å²) in [4.78, 5) is 16.4. The first kappa shape index (κ1) is 13.9. The molecule has 0 aliphatic rings. The van der Waals surface area contributed by atoms with Crippen molar-refractivity contribution in [1.82, 2.24) is 0 Å². The van der Waals surface area contributed by atoms with E-state index in [0.717, 1.165) is 0 Å². The lowest BCUT2D eigenvalue weighted by Crippen LogP contribution is -1.70. The standard InChI is InChI=1S/C8H10.CH2O2.CH2O/c1-7-3-5-8(2)6-4-7;2-1-3;1-2/h3-6H,1-2H3;1H,(H,2,3);1H2. The fourth-order valence-electron chi connectivity index (χ4n) is 0.637. The monoisotopic (exact) mass is 182 g/mol. The fraction of sp³-hybridized carbons (Fsp3) is 0.200. The molecule has 1 aromatic rings. The van der Waals surface area contributed by atoms with Crippen LogP contribution in [0.4, 0.5) is 0 Å². The van der Waals surface area contributed by atoms with Crippen LogP contribution in [0.5, 0.6) is 0 Å². The van der Waals surface area contributed by atoms with Gasteiger partial charge in [-0.3, -0.25) is 4.79 Å². The SMILES string of the molecule is C=O.Cc1ccc(C)cc1.O=CO. The van der Waals surface area contributed by atoms with Gasteiger partial charge in [0, 0.05) is 0 Å². The van der Waals surface area contributed by atoms with E-state index in [1.54, 1.807) is 0 Å². The number of rotatable bonds is 0. The molecule has 72 valence electrons. The van der Waals surface area contributed by atoms with Gasteiger partial charge in [0.15, 0.2) is 0 Å². The minimum Gasteiger partial charge on any atom is -0.483 e. The van der Waals surface area contributed by atoms with Crippen molar-refractivity contribution in [3.05, 3.63) is 35.4 Å². The molecule has 0 aliphatic carbocycles. The summed E-state index contributed by atoms with van der Waals surface area (Å²) >= 11 is 0. The molecule has 0 aromatic heterocycles. The van der Waals surface area contributed by atoms with Gasteiger partial charge in [-0.15, -0.1) is 0 Å². The second-order valence-electron chi connectivity index (χ2n) is 2.26. The lowest BCUT2D eigenvalue weighted by Gasteiger charge is -1.90. The predicted octanol–water partition coefficient (Wildman–Crippen LogP) is 1.82. The Bertz CT molecular complexity index is 195. The average molecular weight is 182 g/mol. The molecule has 0 fully saturated rings. The second kappa shape index (κ2) is 10.4. The van der Waals surface area contributed by atoms with Crippen LogP contribution in [0.1, 0.15) is 11.1 Å². The van der Waals surface area contributed by atoms with E-state index in [9.17, 15) is 0 Å². The second-order valence-corrected chi connectivity index (χ2v) is 2.26. The van der Waals surface area contributed by atoms with Crippen molar-refractivity contribution in [2.75, 3.05) is 0 Å². The third-order valence-electron chi connectivity index (χ3n) is 1.22. The van der Waals surface area contributed by atoms with Gasteiger partial charge in [-0.2, -0.15) is 0 Å². The number of carbonyl (C=O) groups excluding carboxylic acids is 1. The van der Waals surface area contributed by atoms with Gasteiger partial charge in [0.25, 0.3) is 6.47 Å². The highest BCUT2D eigenvalue weighted by molar-refractivity contribution is 5.32. The Morgan fingerprint density at radius 3 is 1.38 bits per heavy atom. The molecule has 0 atom stereocenters. The molecular formula is C10H14O3. The molecule has 0 unspecified atom stereocenters. The fourth-order valence-corrected chi connectivity index (χ4v) is 0.637. The van der Waals surface area contributed by atoms with Crippen molar-refractivity contribution in [2.45, 2.75) is 13.8 Å². The maximum absolute atomic E-state index is 8.36. The van der Waals surface area contributed by atoms with Crippen molar-refractivity contribution >= 4 is 13.3 Å². The summed E-state index contributed by atoms with van der Waals surface area (Å²) in [6.45, 7) is 5.94. The van der Waals surface area contributed by atoms with E-state index in [1.165, 1.54) is 11.1 Å². The van der Waals surface area contributed by atoms with E-state index in [-0.39, 0.29) is 6.47 Å². The van der Waals surface area contributed by atoms with Crippen LogP contribution >= 0.6 is 0 Å². The summed E-state index contributed by atoms with van der Waals surface area (Å²) in [5.41, 5.74) is 2.66. The molecule has 0 amide bonds. The van der Waals surface area contributed by atoms with Crippen LogP contribution in [0.3, 0.4) is 0 Å². The van der Waals surface area contributed by atoms with Gasteiger partial charge in [-0.25, -0.2) is 0 Å². The summed E-state index contributed by atoms with van der Waals surface area (Å²) in [7, 11) is 0. The molecular weight excluding hydrogens is 168 g/mol. The van der Waals surface area contributed by atoms with Gasteiger partial charge in [-0.05, 0) is 13.8 Å². The van der Waals surface area contributed by atoms with E-state index in [2.05, 4.69) is 38.1 Å². The van der Waals surface area contributed by atoms with Crippen molar-refractivity contribution < 1.29 is 14.7 Å². The van der Waals surface area contributed by atoms with Crippen molar-refractivity contribution in [1.29, 1.82) is 0 Å². The maximum atomic E-state index is 8.36. The molecule has 1 N–H and O–H groups in total. The number of aryl methyl sites for hydroxylation is 2. The summed E-state index contributed by atoms with van der Waals surface area (Å²) in [6, 6.07) is 8.48. The van der Waals surface area contributed by atoms with E-state index in [4.69, 9.17) is 14.7 Å². The Kier molecular flexibility index (Phi) is 11.1. The molecule has 13 heavy (non-hydrogen) atoms. The summed E-state index contributed by atoms with van der Waals surface area (Å²) < 4.78 is 0. The van der Waals surface area contributed by atoms with Crippen molar-refractivity contribution in [3.8, 4) is 0 Å². The zero-order chi connectivity index (χ0) is 10.7. The quantitative estimate of drug-likeness (QED) is 0.622. The van der Waals surface area contributed by atoms with Gasteiger partial charge < -0.3 is 9.90 Å². The zero-order valence-corrected chi connectivity index (χ0v) is 7.86.